The SMILES string of the molecule is COC1CNC(C(=O)NCc2ccc(Cl)s2)C1. The molecule has 1 aromatic rings. The van der Waals surface area contributed by atoms with Crippen molar-refractivity contribution in [2.75, 3.05) is 13.7 Å². The highest BCUT2D eigenvalue weighted by atomic mass is 35.5. The van der Waals surface area contributed by atoms with E-state index in [1.54, 1.807) is 7.11 Å². The summed E-state index contributed by atoms with van der Waals surface area (Å²) in [6.45, 7) is 1.27. The quantitative estimate of drug-likeness (QED) is 0.873. The van der Waals surface area contributed by atoms with E-state index in [1.807, 2.05) is 12.1 Å². The lowest BCUT2D eigenvalue weighted by Crippen LogP contribution is -2.39. The Hall–Kier alpha value is -0.620. The average molecular weight is 275 g/mol. The second kappa shape index (κ2) is 5.82. The molecule has 0 bridgehead atoms. The van der Waals surface area contributed by atoms with Crippen molar-refractivity contribution >= 4 is 28.8 Å². The van der Waals surface area contributed by atoms with Gasteiger partial charge in [0.15, 0.2) is 0 Å². The van der Waals surface area contributed by atoms with Gasteiger partial charge in [-0.15, -0.1) is 11.3 Å². The van der Waals surface area contributed by atoms with E-state index < -0.39 is 0 Å². The fourth-order valence-electron chi connectivity index (χ4n) is 1.83. The average Bonchev–Trinajstić information content (AvgIpc) is 2.94. The van der Waals surface area contributed by atoms with E-state index in [9.17, 15) is 4.79 Å². The summed E-state index contributed by atoms with van der Waals surface area (Å²) in [6, 6.07) is 3.62. The number of hydrogen-bond acceptors (Lipinski definition) is 4. The molecule has 0 saturated carbocycles. The van der Waals surface area contributed by atoms with Crippen LogP contribution in [-0.4, -0.2) is 31.7 Å². The molecular formula is C11H15ClN2O2S. The Labute approximate surface area is 109 Å². The molecule has 2 atom stereocenters. The van der Waals surface area contributed by atoms with Crippen LogP contribution in [0.25, 0.3) is 0 Å². The Balaban J connectivity index is 1.78. The second-order valence-electron chi connectivity index (χ2n) is 3.98. The normalized spacial score (nSPS) is 23.9. The van der Waals surface area contributed by atoms with Crippen molar-refractivity contribution in [1.29, 1.82) is 0 Å². The number of carbonyl (C=O) groups excluding carboxylic acids is 1. The van der Waals surface area contributed by atoms with E-state index in [4.69, 9.17) is 16.3 Å². The lowest BCUT2D eigenvalue weighted by molar-refractivity contribution is -0.123. The highest BCUT2D eigenvalue weighted by molar-refractivity contribution is 7.16. The first-order valence-corrected chi connectivity index (χ1v) is 6.66. The topological polar surface area (TPSA) is 50.4 Å². The van der Waals surface area contributed by atoms with Crippen LogP contribution in [0.5, 0.6) is 0 Å². The molecule has 4 nitrogen and oxygen atoms in total. The number of ether oxygens (including phenoxy) is 1. The van der Waals surface area contributed by atoms with Crippen LogP contribution in [0, 0.1) is 0 Å². The zero-order valence-electron chi connectivity index (χ0n) is 9.53. The van der Waals surface area contributed by atoms with Crippen LogP contribution in [0.4, 0.5) is 0 Å². The van der Waals surface area contributed by atoms with Gasteiger partial charge in [-0.25, -0.2) is 0 Å². The second-order valence-corrected chi connectivity index (χ2v) is 5.78. The van der Waals surface area contributed by atoms with Gasteiger partial charge in [0.2, 0.25) is 5.91 Å². The predicted octanol–water partition coefficient (Wildman–Crippen LogP) is 1.39. The molecular weight excluding hydrogens is 260 g/mol. The van der Waals surface area contributed by atoms with Gasteiger partial charge in [0.25, 0.3) is 0 Å². The Morgan fingerprint density at radius 2 is 2.53 bits per heavy atom. The van der Waals surface area contributed by atoms with Gasteiger partial charge in [0.05, 0.1) is 23.0 Å². The van der Waals surface area contributed by atoms with E-state index in [-0.39, 0.29) is 18.1 Å². The van der Waals surface area contributed by atoms with Crippen LogP contribution in [0.15, 0.2) is 12.1 Å². The zero-order valence-corrected chi connectivity index (χ0v) is 11.1. The van der Waals surface area contributed by atoms with Crippen molar-refractivity contribution in [2.45, 2.75) is 25.1 Å². The molecule has 1 amide bonds. The Bertz CT molecular complexity index is 397. The van der Waals surface area contributed by atoms with Crippen LogP contribution in [0.3, 0.4) is 0 Å². The minimum atomic E-state index is -0.143. The van der Waals surface area contributed by atoms with Crippen LogP contribution >= 0.6 is 22.9 Å². The molecule has 1 aliphatic rings. The standard InChI is InChI=1S/C11H15ClN2O2S/c1-16-7-4-9(13-5-7)11(15)14-6-8-2-3-10(12)17-8/h2-3,7,9,13H,4-6H2,1H3,(H,14,15). The summed E-state index contributed by atoms with van der Waals surface area (Å²) in [4.78, 5) is 12.9. The fourth-order valence-corrected chi connectivity index (χ4v) is 2.85. The number of hydrogen-bond donors (Lipinski definition) is 2. The lowest BCUT2D eigenvalue weighted by atomic mass is 10.2. The zero-order chi connectivity index (χ0) is 12.3. The highest BCUT2D eigenvalue weighted by Gasteiger charge is 2.28. The van der Waals surface area contributed by atoms with Gasteiger partial charge in [-0.2, -0.15) is 0 Å². The Morgan fingerprint density at radius 3 is 3.12 bits per heavy atom. The van der Waals surface area contributed by atoms with Crippen LogP contribution in [0.1, 0.15) is 11.3 Å². The maximum Gasteiger partial charge on any atom is 0.237 e. The smallest absolute Gasteiger partial charge is 0.237 e. The number of nitrogens with one attached hydrogen (secondary N) is 2. The summed E-state index contributed by atoms with van der Waals surface area (Å²) < 4.78 is 5.94. The molecule has 2 N–H and O–H groups in total. The van der Waals surface area contributed by atoms with Crippen LogP contribution in [-0.2, 0) is 16.1 Å². The third-order valence-electron chi connectivity index (χ3n) is 2.81. The van der Waals surface area contributed by atoms with Crippen molar-refractivity contribution in [3.63, 3.8) is 0 Å². The van der Waals surface area contributed by atoms with Gasteiger partial charge < -0.3 is 15.4 Å². The molecule has 2 unspecified atom stereocenters. The molecule has 94 valence electrons. The third-order valence-corrected chi connectivity index (χ3v) is 4.04. The summed E-state index contributed by atoms with van der Waals surface area (Å²) in [6.07, 6.45) is 0.870. The van der Waals surface area contributed by atoms with Crippen LogP contribution in [0.2, 0.25) is 4.34 Å². The van der Waals surface area contributed by atoms with Gasteiger partial charge in [0, 0.05) is 18.5 Å². The lowest BCUT2D eigenvalue weighted by Gasteiger charge is -2.10. The van der Waals surface area contributed by atoms with E-state index in [0.29, 0.717) is 6.54 Å². The summed E-state index contributed by atoms with van der Waals surface area (Å²) in [5, 5.41) is 6.03. The predicted molar refractivity (Wildman–Crippen MR) is 68.4 cm³/mol. The van der Waals surface area contributed by atoms with E-state index in [1.165, 1.54) is 11.3 Å². The number of halogens is 1. The number of rotatable bonds is 4. The molecule has 1 saturated heterocycles. The summed E-state index contributed by atoms with van der Waals surface area (Å²) in [7, 11) is 1.67. The first kappa shape index (κ1) is 12.8. The molecule has 0 aliphatic carbocycles. The maximum absolute atomic E-state index is 11.8. The van der Waals surface area contributed by atoms with Crippen molar-refractivity contribution in [3.8, 4) is 0 Å². The molecule has 1 aliphatic heterocycles. The van der Waals surface area contributed by atoms with Crippen molar-refractivity contribution in [3.05, 3.63) is 21.3 Å². The highest BCUT2D eigenvalue weighted by Crippen LogP contribution is 2.21. The fraction of sp³-hybridized carbons (Fsp3) is 0.545. The first-order chi connectivity index (χ1) is 8.19. The minimum absolute atomic E-state index is 0.0223. The molecule has 1 aromatic heterocycles. The summed E-state index contributed by atoms with van der Waals surface area (Å²) in [5.74, 6) is 0.0223. The molecule has 1 fully saturated rings. The van der Waals surface area contributed by atoms with Gasteiger partial charge in [-0.05, 0) is 18.6 Å². The van der Waals surface area contributed by atoms with E-state index >= 15 is 0 Å². The van der Waals surface area contributed by atoms with Gasteiger partial charge in [-0.3, -0.25) is 4.79 Å². The maximum atomic E-state index is 11.8. The third kappa shape index (κ3) is 3.42. The first-order valence-electron chi connectivity index (χ1n) is 5.47. The Kier molecular flexibility index (Phi) is 4.39. The summed E-state index contributed by atoms with van der Waals surface area (Å²) in [5.41, 5.74) is 0. The molecule has 0 spiro atoms. The van der Waals surface area contributed by atoms with Gasteiger partial charge in [0.1, 0.15) is 0 Å². The van der Waals surface area contributed by atoms with Crippen molar-refractivity contribution < 1.29 is 9.53 Å². The van der Waals surface area contributed by atoms with Gasteiger partial charge >= 0.3 is 0 Å². The summed E-state index contributed by atoms with van der Waals surface area (Å²) >= 11 is 7.30. The Morgan fingerprint density at radius 1 is 1.71 bits per heavy atom. The number of amides is 1. The molecule has 2 heterocycles. The molecule has 17 heavy (non-hydrogen) atoms. The molecule has 0 aromatic carbocycles. The number of thiophene rings is 1. The molecule has 6 heteroatoms. The number of carbonyl (C=O) groups is 1. The molecule has 0 radical (unpaired) electrons. The molecule has 2 rings (SSSR count). The number of methoxy groups -OCH3 is 1. The van der Waals surface area contributed by atoms with Crippen LogP contribution < -0.4 is 10.6 Å². The van der Waals surface area contributed by atoms with E-state index in [2.05, 4.69) is 10.6 Å². The minimum Gasteiger partial charge on any atom is -0.380 e. The van der Waals surface area contributed by atoms with Crippen molar-refractivity contribution in [2.24, 2.45) is 0 Å². The monoisotopic (exact) mass is 274 g/mol. The van der Waals surface area contributed by atoms with Gasteiger partial charge in [-0.1, -0.05) is 11.6 Å². The largest absolute Gasteiger partial charge is 0.380 e. The van der Waals surface area contributed by atoms with E-state index in [0.717, 1.165) is 22.2 Å². The van der Waals surface area contributed by atoms with Crippen molar-refractivity contribution in [1.82, 2.24) is 10.6 Å².